The number of ether oxygens (including phenoxy) is 1. The summed E-state index contributed by atoms with van der Waals surface area (Å²) in [6, 6.07) is 10.7. The van der Waals surface area contributed by atoms with Crippen molar-refractivity contribution < 1.29 is 4.74 Å². The Morgan fingerprint density at radius 2 is 1.95 bits per heavy atom. The van der Waals surface area contributed by atoms with Gasteiger partial charge in [-0.1, -0.05) is 31.2 Å². The standard InChI is InChI=1S/C16H19ClOS/c1-3-13-9-11-19-16(13)15(17)14-6-4-12(5-7-14)8-10-18-2/h4-7,9,11,15H,3,8,10H2,1-2H3. The molecule has 0 bridgehead atoms. The Hall–Kier alpha value is -0.830. The molecular weight excluding hydrogens is 276 g/mol. The number of hydrogen-bond acceptors (Lipinski definition) is 2. The Balaban J connectivity index is 2.13. The summed E-state index contributed by atoms with van der Waals surface area (Å²) in [5.41, 5.74) is 3.81. The van der Waals surface area contributed by atoms with Gasteiger partial charge in [0.05, 0.1) is 12.0 Å². The smallest absolute Gasteiger partial charge is 0.0930 e. The molecule has 0 spiro atoms. The lowest BCUT2D eigenvalue weighted by atomic mass is 10.0. The summed E-state index contributed by atoms with van der Waals surface area (Å²) in [5, 5.41) is 2.09. The normalized spacial score (nSPS) is 12.6. The van der Waals surface area contributed by atoms with Crippen LogP contribution < -0.4 is 0 Å². The maximum atomic E-state index is 6.60. The monoisotopic (exact) mass is 294 g/mol. The Kier molecular flexibility index (Phi) is 5.44. The molecule has 0 aliphatic carbocycles. The fourth-order valence-electron chi connectivity index (χ4n) is 2.09. The third-order valence-electron chi connectivity index (χ3n) is 3.26. The zero-order valence-electron chi connectivity index (χ0n) is 11.4. The van der Waals surface area contributed by atoms with Gasteiger partial charge < -0.3 is 4.74 Å². The average molecular weight is 295 g/mol. The number of aryl methyl sites for hydroxylation is 1. The molecule has 0 saturated heterocycles. The molecule has 1 unspecified atom stereocenters. The first kappa shape index (κ1) is 14.6. The average Bonchev–Trinajstić information content (AvgIpc) is 2.93. The van der Waals surface area contributed by atoms with E-state index >= 15 is 0 Å². The molecular formula is C16H19ClOS. The topological polar surface area (TPSA) is 9.23 Å². The molecule has 19 heavy (non-hydrogen) atoms. The van der Waals surface area contributed by atoms with Gasteiger partial charge in [-0.05, 0) is 41.0 Å². The minimum absolute atomic E-state index is 0.0357. The summed E-state index contributed by atoms with van der Waals surface area (Å²) < 4.78 is 5.09. The van der Waals surface area contributed by atoms with Crippen molar-refractivity contribution in [2.45, 2.75) is 25.1 Å². The molecule has 0 amide bonds. The molecule has 0 aliphatic heterocycles. The van der Waals surface area contributed by atoms with Crippen molar-refractivity contribution >= 4 is 22.9 Å². The molecule has 2 aromatic rings. The Morgan fingerprint density at radius 3 is 2.58 bits per heavy atom. The number of halogens is 1. The van der Waals surface area contributed by atoms with Gasteiger partial charge in [0.25, 0.3) is 0 Å². The number of methoxy groups -OCH3 is 1. The summed E-state index contributed by atoms with van der Waals surface area (Å²) >= 11 is 8.34. The highest BCUT2D eigenvalue weighted by atomic mass is 35.5. The van der Waals surface area contributed by atoms with Crippen LogP contribution in [0.5, 0.6) is 0 Å². The molecule has 2 rings (SSSR count). The molecule has 0 aliphatic rings. The lowest BCUT2D eigenvalue weighted by molar-refractivity contribution is 0.202. The Bertz CT molecular complexity index is 504. The van der Waals surface area contributed by atoms with Gasteiger partial charge in [0.2, 0.25) is 0 Å². The molecule has 0 saturated carbocycles. The highest BCUT2D eigenvalue weighted by Gasteiger charge is 2.15. The van der Waals surface area contributed by atoms with Crippen molar-refractivity contribution in [2.75, 3.05) is 13.7 Å². The van der Waals surface area contributed by atoms with E-state index in [-0.39, 0.29) is 5.38 Å². The largest absolute Gasteiger partial charge is 0.384 e. The van der Waals surface area contributed by atoms with E-state index in [0.717, 1.165) is 19.4 Å². The first-order chi connectivity index (χ1) is 9.26. The van der Waals surface area contributed by atoms with Crippen LogP contribution in [0.15, 0.2) is 35.7 Å². The summed E-state index contributed by atoms with van der Waals surface area (Å²) in [6.45, 7) is 2.93. The van der Waals surface area contributed by atoms with E-state index in [1.165, 1.54) is 21.6 Å². The van der Waals surface area contributed by atoms with Gasteiger partial charge in [0.15, 0.2) is 0 Å². The van der Waals surface area contributed by atoms with E-state index in [1.54, 1.807) is 18.4 Å². The fraction of sp³-hybridized carbons (Fsp3) is 0.375. The molecule has 102 valence electrons. The van der Waals surface area contributed by atoms with E-state index < -0.39 is 0 Å². The number of benzene rings is 1. The molecule has 0 radical (unpaired) electrons. The maximum Gasteiger partial charge on any atom is 0.0930 e. The molecule has 1 nitrogen and oxygen atoms in total. The van der Waals surface area contributed by atoms with Gasteiger partial charge in [0.1, 0.15) is 0 Å². The van der Waals surface area contributed by atoms with E-state index in [2.05, 4.69) is 42.6 Å². The molecule has 1 heterocycles. The van der Waals surface area contributed by atoms with Crippen LogP contribution in [-0.2, 0) is 17.6 Å². The van der Waals surface area contributed by atoms with Gasteiger partial charge in [-0.15, -0.1) is 22.9 Å². The van der Waals surface area contributed by atoms with E-state index in [1.807, 2.05) is 0 Å². The van der Waals surface area contributed by atoms with Crippen LogP contribution in [-0.4, -0.2) is 13.7 Å². The van der Waals surface area contributed by atoms with Crippen LogP contribution in [0.1, 0.15) is 33.9 Å². The highest BCUT2D eigenvalue weighted by molar-refractivity contribution is 7.10. The second-order valence-corrected chi connectivity index (χ2v) is 5.89. The predicted octanol–water partition coefficient (Wildman–Crippen LogP) is 4.83. The van der Waals surface area contributed by atoms with Crippen molar-refractivity contribution in [3.8, 4) is 0 Å². The third-order valence-corrected chi connectivity index (χ3v) is 4.88. The van der Waals surface area contributed by atoms with Crippen molar-refractivity contribution in [3.05, 3.63) is 57.3 Å². The number of thiophene rings is 1. The number of alkyl halides is 1. The van der Waals surface area contributed by atoms with Crippen molar-refractivity contribution in [1.29, 1.82) is 0 Å². The minimum atomic E-state index is -0.0357. The van der Waals surface area contributed by atoms with E-state index in [0.29, 0.717) is 0 Å². The van der Waals surface area contributed by atoms with Gasteiger partial charge >= 0.3 is 0 Å². The van der Waals surface area contributed by atoms with Gasteiger partial charge in [-0.3, -0.25) is 0 Å². The minimum Gasteiger partial charge on any atom is -0.384 e. The van der Waals surface area contributed by atoms with Crippen molar-refractivity contribution in [1.82, 2.24) is 0 Å². The number of rotatable bonds is 6. The SMILES string of the molecule is CCc1ccsc1C(Cl)c1ccc(CCOC)cc1. The van der Waals surface area contributed by atoms with Crippen LogP contribution in [0.2, 0.25) is 0 Å². The zero-order chi connectivity index (χ0) is 13.7. The number of hydrogen-bond donors (Lipinski definition) is 0. The summed E-state index contributed by atoms with van der Waals surface area (Å²) in [7, 11) is 1.73. The summed E-state index contributed by atoms with van der Waals surface area (Å²) in [4.78, 5) is 1.27. The first-order valence-corrected chi connectivity index (χ1v) is 7.86. The lowest BCUT2D eigenvalue weighted by Gasteiger charge is -2.11. The Morgan fingerprint density at radius 1 is 1.21 bits per heavy atom. The lowest BCUT2D eigenvalue weighted by Crippen LogP contribution is -1.97. The van der Waals surface area contributed by atoms with Crippen molar-refractivity contribution in [3.63, 3.8) is 0 Å². The predicted molar refractivity (Wildman–Crippen MR) is 83.4 cm³/mol. The molecule has 1 atom stereocenters. The van der Waals surface area contributed by atoms with Gasteiger partial charge in [-0.2, -0.15) is 0 Å². The molecule has 0 fully saturated rings. The second-order valence-electron chi connectivity index (χ2n) is 4.51. The molecule has 3 heteroatoms. The van der Waals surface area contributed by atoms with E-state index in [9.17, 15) is 0 Å². The van der Waals surface area contributed by atoms with Crippen LogP contribution in [0.4, 0.5) is 0 Å². The van der Waals surface area contributed by atoms with Crippen LogP contribution >= 0.6 is 22.9 Å². The fourth-order valence-corrected chi connectivity index (χ4v) is 3.52. The van der Waals surface area contributed by atoms with Crippen LogP contribution in [0, 0.1) is 0 Å². The van der Waals surface area contributed by atoms with Gasteiger partial charge in [-0.25, -0.2) is 0 Å². The second kappa shape index (κ2) is 7.09. The first-order valence-electron chi connectivity index (χ1n) is 6.54. The summed E-state index contributed by atoms with van der Waals surface area (Å²) in [6.07, 6.45) is 1.98. The van der Waals surface area contributed by atoms with Crippen LogP contribution in [0.3, 0.4) is 0 Å². The van der Waals surface area contributed by atoms with Crippen molar-refractivity contribution in [2.24, 2.45) is 0 Å². The van der Waals surface area contributed by atoms with Crippen LogP contribution in [0.25, 0.3) is 0 Å². The van der Waals surface area contributed by atoms with E-state index in [4.69, 9.17) is 16.3 Å². The maximum absolute atomic E-state index is 6.60. The zero-order valence-corrected chi connectivity index (χ0v) is 12.9. The van der Waals surface area contributed by atoms with Gasteiger partial charge in [0, 0.05) is 12.0 Å². The Labute approximate surface area is 124 Å². The quantitative estimate of drug-likeness (QED) is 0.694. The third kappa shape index (κ3) is 3.59. The highest BCUT2D eigenvalue weighted by Crippen LogP contribution is 2.35. The molecule has 0 N–H and O–H groups in total. The molecule has 1 aromatic heterocycles. The summed E-state index contributed by atoms with van der Waals surface area (Å²) in [5.74, 6) is 0. The molecule has 1 aromatic carbocycles.